The summed E-state index contributed by atoms with van der Waals surface area (Å²) in [6, 6.07) is 6.78. The SMILES string of the molecule is C=C(O)c1ccc(/C([OH2+])=C/C=N)cc1. The summed E-state index contributed by atoms with van der Waals surface area (Å²) in [5.74, 6) is 0.286. The van der Waals surface area contributed by atoms with E-state index in [1.807, 2.05) is 0 Å². The zero-order valence-electron chi connectivity index (χ0n) is 7.62. The topological polar surface area (TPSA) is 67.0 Å². The van der Waals surface area contributed by atoms with Gasteiger partial charge in [-0.2, -0.15) is 0 Å². The van der Waals surface area contributed by atoms with E-state index in [0.717, 1.165) is 6.21 Å². The van der Waals surface area contributed by atoms with Crippen LogP contribution in [0.15, 0.2) is 36.9 Å². The van der Waals surface area contributed by atoms with Crippen molar-refractivity contribution in [3.63, 3.8) is 0 Å². The van der Waals surface area contributed by atoms with Gasteiger partial charge in [0.25, 0.3) is 5.76 Å². The van der Waals surface area contributed by atoms with Gasteiger partial charge in [-0.05, 0) is 12.1 Å². The van der Waals surface area contributed by atoms with Crippen molar-refractivity contribution in [3.05, 3.63) is 48.0 Å². The summed E-state index contributed by atoms with van der Waals surface area (Å²) >= 11 is 0. The third kappa shape index (κ3) is 2.23. The van der Waals surface area contributed by atoms with Crippen molar-refractivity contribution >= 4 is 17.7 Å². The van der Waals surface area contributed by atoms with Gasteiger partial charge in [-0.1, -0.05) is 18.7 Å². The van der Waals surface area contributed by atoms with Crippen LogP contribution in [0.1, 0.15) is 11.1 Å². The summed E-state index contributed by atoms with van der Waals surface area (Å²) in [5, 5.41) is 23.4. The average Bonchev–Trinajstić information content (AvgIpc) is 2.18. The molecule has 0 aliphatic carbocycles. The monoisotopic (exact) mass is 190 g/mol. The van der Waals surface area contributed by atoms with Crippen molar-refractivity contribution in [3.8, 4) is 0 Å². The molecule has 1 rings (SSSR count). The first-order valence-corrected chi connectivity index (χ1v) is 4.06. The van der Waals surface area contributed by atoms with Crippen LogP contribution in [0.3, 0.4) is 0 Å². The van der Waals surface area contributed by atoms with Crippen LogP contribution in [0.25, 0.3) is 11.5 Å². The maximum absolute atomic E-state index is 9.06. The Hall–Kier alpha value is -2.03. The number of hydrogen-bond donors (Lipinski definition) is 2. The predicted molar refractivity (Wildman–Crippen MR) is 58.5 cm³/mol. The molecule has 3 nitrogen and oxygen atoms in total. The van der Waals surface area contributed by atoms with E-state index >= 15 is 0 Å². The molecule has 0 saturated carbocycles. The number of hydrogen-bond acceptors (Lipinski definition) is 2. The largest absolute Gasteiger partial charge is 0.593 e. The second-order valence-corrected chi connectivity index (χ2v) is 2.77. The maximum atomic E-state index is 9.06. The van der Waals surface area contributed by atoms with Crippen molar-refractivity contribution in [2.45, 2.75) is 0 Å². The number of allylic oxidation sites excluding steroid dienone is 1. The molecule has 14 heavy (non-hydrogen) atoms. The molecular weight excluding hydrogens is 178 g/mol. The molecule has 0 aliphatic rings. The lowest BCUT2D eigenvalue weighted by Gasteiger charge is -1.99. The standard InChI is InChI=1S/C11H11NO2/c1-8(13)9-2-4-10(5-3-9)11(14)6-7-12/h2-7,12-14H,1H2/p+1/b11-6-,12-7?. The second kappa shape index (κ2) is 4.28. The molecule has 0 fully saturated rings. The third-order valence-electron chi connectivity index (χ3n) is 1.78. The van der Waals surface area contributed by atoms with E-state index in [1.54, 1.807) is 24.3 Å². The summed E-state index contributed by atoms with van der Waals surface area (Å²) in [6.07, 6.45) is 2.46. The van der Waals surface area contributed by atoms with Gasteiger partial charge < -0.3 is 15.6 Å². The van der Waals surface area contributed by atoms with Crippen molar-refractivity contribution < 1.29 is 10.2 Å². The Kier molecular flexibility index (Phi) is 3.07. The molecule has 1 aromatic rings. The molecule has 0 aromatic heterocycles. The van der Waals surface area contributed by atoms with Gasteiger partial charge in [0, 0.05) is 11.8 Å². The Labute approximate surface area is 82.2 Å². The van der Waals surface area contributed by atoms with E-state index in [9.17, 15) is 0 Å². The molecule has 72 valence electrons. The van der Waals surface area contributed by atoms with Gasteiger partial charge in [0.05, 0.1) is 11.6 Å². The third-order valence-corrected chi connectivity index (χ3v) is 1.78. The van der Waals surface area contributed by atoms with Crippen LogP contribution in [0.4, 0.5) is 0 Å². The lowest BCUT2D eigenvalue weighted by molar-refractivity contribution is 0.510. The van der Waals surface area contributed by atoms with Crippen molar-refractivity contribution in [2.24, 2.45) is 0 Å². The van der Waals surface area contributed by atoms with Crippen LogP contribution >= 0.6 is 0 Å². The number of benzene rings is 1. The van der Waals surface area contributed by atoms with Gasteiger partial charge in [-0.3, -0.25) is 0 Å². The normalized spacial score (nSPS) is 11.0. The van der Waals surface area contributed by atoms with Gasteiger partial charge >= 0.3 is 0 Å². The highest BCUT2D eigenvalue weighted by atomic mass is 16.3. The van der Waals surface area contributed by atoms with Crippen LogP contribution in [0.2, 0.25) is 0 Å². The van der Waals surface area contributed by atoms with Crippen LogP contribution in [-0.4, -0.2) is 16.4 Å². The van der Waals surface area contributed by atoms with Crippen LogP contribution < -0.4 is 0 Å². The van der Waals surface area contributed by atoms with Crippen molar-refractivity contribution in [1.29, 1.82) is 5.41 Å². The summed E-state index contributed by atoms with van der Waals surface area (Å²) in [5.41, 5.74) is 1.34. The summed E-state index contributed by atoms with van der Waals surface area (Å²) in [4.78, 5) is 0. The van der Waals surface area contributed by atoms with E-state index in [1.165, 1.54) is 6.08 Å². The number of nitrogens with one attached hydrogen (secondary N) is 1. The molecule has 0 heterocycles. The van der Waals surface area contributed by atoms with E-state index < -0.39 is 0 Å². The average molecular weight is 190 g/mol. The fraction of sp³-hybridized carbons (Fsp3) is 0. The van der Waals surface area contributed by atoms with Gasteiger partial charge in [-0.15, -0.1) is 0 Å². The minimum atomic E-state index is 0.0131. The molecule has 0 radical (unpaired) electrons. The van der Waals surface area contributed by atoms with Gasteiger partial charge in [0.1, 0.15) is 5.76 Å². The smallest absolute Gasteiger partial charge is 0.262 e. The lowest BCUT2D eigenvalue weighted by Crippen LogP contribution is -1.85. The molecule has 0 bridgehead atoms. The van der Waals surface area contributed by atoms with Crippen LogP contribution in [0, 0.1) is 5.41 Å². The van der Waals surface area contributed by atoms with Crippen LogP contribution in [0.5, 0.6) is 0 Å². The zero-order chi connectivity index (χ0) is 10.6. The van der Waals surface area contributed by atoms with E-state index in [-0.39, 0.29) is 11.5 Å². The Morgan fingerprint density at radius 2 is 1.79 bits per heavy atom. The first kappa shape index (κ1) is 10.1. The quantitative estimate of drug-likeness (QED) is 0.427. The highest BCUT2D eigenvalue weighted by Gasteiger charge is 2.03. The Balaban J connectivity index is 2.99. The van der Waals surface area contributed by atoms with Gasteiger partial charge in [-0.25, -0.2) is 0 Å². The van der Waals surface area contributed by atoms with Gasteiger partial charge in [0.2, 0.25) is 0 Å². The first-order chi connectivity index (χ1) is 6.65. The summed E-state index contributed by atoms with van der Waals surface area (Å²) < 4.78 is 0. The molecule has 0 unspecified atom stereocenters. The molecule has 1 aromatic carbocycles. The molecule has 0 aliphatic heterocycles. The molecular formula is C11H12NO2+. The van der Waals surface area contributed by atoms with Crippen molar-refractivity contribution in [2.75, 3.05) is 0 Å². The summed E-state index contributed by atoms with van der Waals surface area (Å²) in [6.45, 7) is 3.39. The Morgan fingerprint density at radius 3 is 2.21 bits per heavy atom. The fourth-order valence-electron chi connectivity index (χ4n) is 1.02. The minimum absolute atomic E-state index is 0.0131. The molecule has 0 atom stereocenters. The lowest BCUT2D eigenvalue weighted by atomic mass is 10.1. The van der Waals surface area contributed by atoms with E-state index in [4.69, 9.17) is 15.6 Å². The van der Waals surface area contributed by atoms with E-state index in [2.05, 4.69) is 6.58 Å². The molecule has 3 heteroatoms. The van der Waals surface area contributed by atoms with E-state index in [0.29, 0.717) is 11.1 Å². The predicted octanol–water partition coefficient (Wildman–Crippen LogP) is 1.93. The number of aliphatic hydroxyl groups excluding tert-OH is 1. The Morgan fingerprint density at radius 1 is 1.29 bits per heavy atom. The second-order valence-electron chi connectivity index (χ2n) is 2.77. The molecule has 0 saturated heterocycles. The Bertz CT molecular complexity index is 377. The number of aliphatic hydroxyl groups is 1. The highest BCUT2D eigenvalue weighted by molar-refractivity contribution is 5.79. The number of rotatable bonds is 3. The molecule has 0 spiro atoms. The molecule has 0 amide bonds. The first-order valence-electron chi connectivity index (χ1n) is 4.06. The van der Waals surface area contributed by atoms with Crippen molar-refractivity contribution in [1.82, 2.24) is 0 Å². The maximum Gasteiger partial charge on any atom is 0.262 e. The van der Waals surface area contributed by atoms with Crippen LogP contribution in [-0.2, 0) is 0 Å². The molecule has 4 N–H and O–H groups in total. The summed E-state index contributed by atoms with van der Waals surface area (Å²) in [7, 11) is 0. The fourth-order valence-corrected chi connectivity index (χ4v) is 1.02. The van der Waals surface area contributed by atoms with Gasteiger partial charge in [0.15, 0.2) is 0 Å². The minimum Gasteiger partial charge on any atom is -0.593 e. The zero-order valence-corrected chi connectivity index (χ0v) is 7.62. The highest BCUT2D eigenvalue weighted by Crippen LogP contribution is 2.15.